The number of esters is 1. The number of nitrogens with zero attached hydrogens (tertiary/aromatic N) is 3. The molecule has 5 amide bonds. The third kappa shape index (κ3) is 5.28. The molecule has 0 radical (unpaired) electrons. The highest BCUT2D eigenvalue weighted by atomic mass is 16.5. The first-order chi connectivity index (χ1) is 13.9. The van der Waals surface area contributed by atoms with Crippen LogP contribution in [0.1, 0.15) is 52.9 Å². The predicted octanol–water partition coefficient (Wildman–Crippen LogP) is 0.500. The summed E-state index contributed by atoms with van der Waals surface area (Å²) >= 11 is 0. The van der Waals surface area contributed by atoms with Crippen LogP contribution >= 0.6 is 0 Å². The van der Waals surface area contributed by atoms with Gasteiger partial charge < -0.3 is 19.9 Å². The Morgan fingerprint density at radius 2 is 1.73 bits per heavy atom. The first-order valence-electron chi connectivity index (χ1n) is 10.2. The van der Waals surface area contributed by atoms with E-state index in [0.29, 0.717) is 12.8 Å². The van der Waals surface area contributed by atoms with Crippen molar-refractivity contribution in [2.24, 2.45) is 0 Å². The van der Waals surface area contributed by atoms with Crippen LogP contribution < -0.4 is 5.32 Å². The van der Waals surface area contributed by atoms with E-state index in [2.05, 4.69) is 5.32 Å². The average Bonchev–Trinajstić information content (AvgIpc) is 2.81. The van der Waals surface area contributed by atoms with Gasteiger partial charge in [-0.25, -0.2) is 4.79 Å². The Kier molecular flexibility index (Phi) is 7.10. The molecule has 1 heterocycles. The fourth-order valence-electron chi connectivity index (χ4n) is 3.86. The summed E-state index contributed by atoms with van der Waals surface area (Å²) in [6.45, 7) is 4.18. The SMILES string of the molecule is CN(CC(=O)NC(C)(C)C)C(=O)COC(=O)CN1C(=O)N(C)C2(CCCCC2)C1=O. The number of carbonyl (C=O) groups excluding carboxylic acids is 5. The fourth-order valence-corrected chi connectivity index (χ4v) is 3.86. The van der Waals surface area contributed by atoms with Crippen LogP contribution in [-0.4, -0.2) is 89.3 Å². The van der Waals surface area contributed by atoms with Gasteiger partial charge in [-0.1, -0.05) is 19.3 Å². The number of imide groups is 1. The van der Waals surface area contributed by atoms with Crippen molar-refractivity contribution in [1.29, 1.82) is 0 Å². The Hall–Kier alpha value is -2.65. The van der Waals surface area contributed by atoms with E-state index in [9.17, 15) is 24.0 Å². The maximum absolute atomic E-state index is 12.9. The zero-order valence-electron chi connectivity index (χ0n) is 18.4. The maximum atomic E-state index is 12.9. The minimum absolute atomic E-state index is 0.177. The molecule has 0 bridgehead atoms. The summed E-state index contributed by atoms with van der Waals surface area (Å²) in [5.41, 5.74) is -1.29. The van der Waals surface area contributed by atoms with Gasteiger partial charge in [0.05, 0.1) is 6.54 Å². The smallest absolute Gasteiger partial charge is 0.327 e. The lowest BCUT2D eigenvalue weighted by Gasteiger charge is -2.35. The molecule has 2 fully saturated rings. The number of rotatable bonds is 6. The number of urea groups is 1. The van der Waals surface area contributed by atoms with Gasteiger partial charge in [-0.2, -0.15) is 0 Å². The zero-order valence-corrected chi connectivity index (χ0v) is 18.4. The molecule has 1 aliphatic heterocycles. The van der Waals surface area contributed by atoms with Gasteiger partial charge in [0.1, 0.15) is 12.1 Å². The molecule has 30 heavy (non-hydrogen) atoms. The molecule has 1 aliphatic carbocycles. The molecule has 1 saturated heterocycles. The van der Waals surface area contributed by atoms with Gasteiger partial charge in [0.15, 0.2) is 6.61 Å². The molecule has 0 atom stereocenters. The second kappa shape index (κ2) is 9.01. The van der Waals surface area contributed by atoms with Gasteiger partial charge in [0.25, 0.3) is 11.8 Å². The molecule has 1 spiro atoms. The van der Waals surface area contributed by atoms with Crippen molar-refractivity contribution in [1.82, 2.24) is 20.0 Å². The van der Waals surface area contributed by atoms with E-state index in [1.807, 2.05) is 20.8 Å². The minimum atomic E-state index is -0.869. The van der Waals surface area contributed by atoms with Crippen LogP contribution in [0.25, 0.3) is 0 Å². The van der Waals surface area contributed by atoms with E-state index in [1.54, 1.807) is 7.05 Å². The normalized spacial score (nSPS) is 18.6. The lowest BCUT2D eigenvalue weighted by Crippen LogP contribution is -2.49. The molecule has 2 rings (SSSR count). The zero-order chi connectivity index (χ0) is 22.7. The third-order valence-electron chi connectivity index (χ3n) is 5.45. The monoisotopic (exact) mass is 424 g/mol. The summed E-state index contributed by atoms with van der Waals surface area (Å²) in [5, 5.41) is 2.73. The summed E-state index contributed by atoms with van der Waals surface area (Å²) in [5.74, 6) is -2.13. The highest BCUT2D eigenvalue weighted by Gasteiger charge is 2.55. The van der Waals surface area contributed by atoms with E-state index in [1.165, 1.54) is 11.9 Å². The average molecular weight is 424 g/mol. The van der Waals surface area contributed by atoms with Crippen LogP contribution in [0.15, 0.2) is 0 Å². The number of carbonyl (C=O) groups is 5. The number of nitrogens with one attached hydrogen (secondary N) is 1. The van der Waals surface area contributed by atoms with Crippen molar-refractivity contribution in [2.75, 3.05) is 33.8 Å². The third-order valence-corrected chi connectivity index (χ3v) is 5.45. The minimum Gasteiger partial charge on any atom is -0.454 e. The Balaban J connectivity index is 1.85. The molecule has 2 aliphatic rings. The van der Waals surface area contributed by atoms with Crippen molar-refractivity contribution >= 4 is 29.7 Å². The van der Waals surface area contributed by atoms with Gasteiger partial charge in [0, 0.05) is 19.6 Å². The maximum Gasteiger partial charge on any atom is 0.327 e. The van der Waals surface area contributed by atoms with Crippen molar-refractivity contribution in [3.05, 3.63) is 0 Å². The molecule has 0 aromatic rings. The van der Waals surface area contributed by atoms with Crippen molar-refractivity contribution in [3.8, 4) is 0 Å². The fraction of sp³-hybridized carbons (Fsp3) is 0.750. The van der Waals surface area contributed by atoms with Crippen molar-refractivity contribution in [2.45, 2.75) is 64.0 Å². The first kappa shape index (κ1) is 23.6. The Bertz CT molecular complexity index is 723. The summed E-state index contributed by atoms with van der Waals surface area (Å²) in [6.07, 6.45) is 3.89. The number of hydrogen-bond donors (Lipinski definition) is 1. The van der Waals surface area contributed by atoms with Crippen LogP contribution in [0.2, 0.25) is 0 Å². The van der Waals surface area contributed by atoms with E-state index < -0.39 is 42.1 Å². The van der Waals surface area contributed by atoms with E-state index in [-0.39, 0.29) is 18.4 Å². The van der Waals surface area contributed by atoms with Gasteiger partial charge in [-0.15, -0.1) is 0 Å². The summed E-state index contributed by atoms with van der Waals surface area (Å²) in [7, 11) is 3.01. The van der Waals surface area contributed by atoms with Crippen LogP contribution in [0.3, 0.4) is 0 Å². The van der Waals surface area contributed by atoms with Crippen molar-refractivity contribution in [3.63, 3.8) is 0 Å². The van der Waals surface area contributed by atoms with Gasteiger partial charge >= 0.3 is 12.0 Å². The second-order valence-electron chi connectivity index (χ2n) is 9.03. The molecule has 0 unspecified atom stereocenters. The summed E-state index contributed by atoms with van der Waals surface area (Å²) < 4.78 is 4.95. The molecule has 168 valence electrons. The number of hydrogen-bond acceptors (Lipinski definition) is 6. The van der Waals surface area contributed by atoms with Gasteiger partial charge in [-0.05, 0) is 33.6 Å². The Morgan fingerprint density at radius 3 is 2.30 bits per heavy atom. The molecule has 0 aromatic heterocycles. The lowest BCUT2D eigenvalue weighted by molar-refractivity contribution is -0.154. The standard InChI is InChI=1S/C20H32N4O6/c1-19(2,3)21-14(25)11-22(4)15(26)13-30-16(27)12-24-17(28)20(23(5)18(24)29)9-7-6-8-10-20/h6-13H2,1-5H3,(H,21,25). The highest BCUT2D eigenvalue weighted by Crippen LogP contribution is 2.39. The molecular formula is C20H32N4O6. The molecule has 10 nitrogen and oxygen atoms in total. The van der Waals surface area contributed by atoms with Crippen LogP contribution in [0.4, 0.5) is 4.79 Å². The van der Waals surface area contributed by atoms with Gasteiger partial charge in [0.2, 0.25) is 5.91 Å². The van der Waals surface area contributed by atoms with E-state index in [0.717, 1.165) is 29.1 Å². The quantitative estimate of drug-likeness (QED) is 0.490. The number of likely N-dealkylation sites (N-methyl/N-ethyl adjacent to an activating group) is 2. The first-order valence-corrected chi connectivity index (χ1v) is 10.2. The largest absolute Gasteiger partial charge is 0.454 e. The molecular weight excluding hydrogens is 392 g/mol. The van der Waals surface area contributed by atoms with E-state index in [4.69, 9.17) is 4.74 Å². The summed E-state index contributed by atoms with van der Waals surface area (Å²) in [6, 6.07) is -0.527. The Morgan fingerprint density at radius 1 is 1.13 bits per heavy atom. The predicted molar refractivity (Wildman–Crippen MR) is 107 cm³/mol. The topological polar surface area (TPSA) is 116 Å². The van der Waals surface area contributed by atoms with E-state index >= 15 is 0 Å². The van der Waals surface area contributed by atoms with Crippen LogP contribution in [0.5, 0.6) is 0 Å². The highest BCUT2D eigenvalue weighted by molar-refractivity contribution is 6.08. The van der Waals surface area contributed by atoms with Crippen LogP contribution in [0, 0.1) is 0 Å². The Labute approximate surface area is 176 Å². The van der Waals surface area contributed by atoms with Crippen molar-refractivity contribution < 1.29 is 28.7 Å². The lowest BCUT2D eigenvalue weighted by atomic mass is 9.81. The molecule has 1 N–H and O–H groups in total. The second-order valence-corrected chi connectivity index (χ2v) is 9.03. The molecule has 0 aromatic carbocycles. The van der Waals surface area contributed by atoms with Crippen LogP contribution in [-0.2, 0) is 23.9 Å². The summed E-state index contributed by atoms with van der Waals surface area (Å²) in [4.78, 5) is 65.0. The number of ether oxygens (including phenoxy) is 1. The number of amides is 5. The molecule has 1 saturated carbocycles. The molecule has 10 heteroatoms. The van der Waals surface area contributed by atoms with Gasteiger partial charge in [-0.3, -0.25) is 24.1 Å².